The summed E-state index contributed by atoms with van der Waals surface area (Å²) in [6, 6.07) is 21.3. The van der Waals surface area contributed by atoms with Crippen molar-refractivity contribution in [1.82, 2.24) is 14.6 Å². The molecule has 0 radical (unpaired) electrons. The SMILES string of the molecule is Cc1ccc(S(=O)(=O)N(CC(=O)NCCNc2ccnc3cc(Cl)ccc23)Cc2ccc(Br)cc2)cc1. The fraction of sp³-hybridized carbons (Fsp3) is 0.185. The van der Waals surface area contributed by atoms with Crippen molar-refractivity contribution in [2.24, 2.45) is 0 Å². The van der Waals surface area contributed by atoms with Crippen LogP contribution >= 0.6 is 27.5 Å². The second kappa shape index (κ2) is 12.0. The van der Waals surface area contributed by atoms with Gasteiger partial charge >= 0.3 is 0 Å². The molecule has 0 aliphatic heterocycles. The zero-order valence-electron chi connectivity index (χ0n) is 20.1. The highest BCUT2D eigenvalue weighted by molar-refractivity contribution is 9.10. The van der Waals surface area contributed by atoms with Crippen LogP contribution in [0, 0.1) is 6.92 Å². The Balaban J connectivity index is 1.41. The Morgan fingerprint density at radius 2 is 1.73 bits per heavy atom. The third kappa shape index (κ3) is 7.07. The van der Waals surface area contributed by atoms with E-state index in [1.165, 1.54) is 4.31 Å². The first kappa shape index (κ1) is 27.1. The quantitative estimate of drug-likeness (QED) is 0.238. The molecule has 0 saturated carbocycles. The molecular formula is C27H26BrClN4O3S. The minimum Gasteiger partial charge on any atom is -0.383 e. The van der Waals surface area contributed by atoms with Crippen LogP contribution in [0.4, 0.5) is 5.69 Å². The number of benzene rings is 3. The van der Waals surface area contributed by atoms with Gasteiger partial charge in [-0.3, -0.25) is 9.78 Å². The molecule has 0 atom stereocenters. The predicted octanol–water partition coefficient (Wildman–Crippen LogP) is 5.38. The summed E-state index contributed by atoms with van der Waals surface area (Å²) < 4.78 is 28.9. The van der Waals surface area contributed by atoms with Crippen molar-refractivity contribution < 1.29 is 13.2 Å². The molecule has 0 unspecified atom stereocenters. The van der Waals surface area contributed by atoms with Gasteiger partial charge in [0, 0.05) is 46.4 Å². The molecule has 0 bridgehead atoms. The topological polar surface area (TPSA) is 91.4 Å². The summed E-state index contributed by atoms with van der Waals surface area (Å²) in [5.74, 6) is -0.388. The van der Waals surface area contributed by atoms with Gasteiger partial charge in [0.05, 0.1) is 17.0 Å². The van der Waals surface area contributed by atoms with Gasteiger partial charge in [0.2, 0.25) is 15.9 Å². The summed E-state index contributed by atoms with van der Waals surface area (Å²) >= 11 is 9.45. The van der Waals surface area contributed by atoms with Crippen molar-refractivity contribution in [3.63, 3.8) is 0 Å². The van der Waals surface area contributed by atoms with Crippen LogP contribution in [0.15, 0.2) is 88.4 Å². The molecule has 0 aliphatic carbocycles. The summed E-state index contributed by atoms with van der Waals surface area (Å²) in [5, 5.41) is 7.63. The van der Waals surface area contributed by atoms with Crippen molar-refractivity contribution in [3.05, 3.63) is 99.6 Å². The van der Waals surface area contributed by atoms with E-state index < -0.39 is 10.0 Å². The number of carbonyl (C=O) groups excluding carboxylic acids is 1. The molecule has 4 aromatic rings. The number of rotatable bonds is 10. The number of hydrogen-bond donors (Lipinski definition) is 2. The summed E-state index contributed by atoms with van der Waals surface area (Å²) in [7, 11) is -3.90. The standard InChI is InChI=1S/C27H26BrClN4O3S/c1-19-2-9-23(10-3-19)37(35,36)33(17-20-4-6-21(28)7-5-20)18-27(34)32-15-14-31-25-12-13-30-26-16-22(29)8-11-24(25)26/h2-13,16H,14-15,17-18H2,1H3,(H,30,31)(H,32,34). The van der Waals surface area contributed by atoms with E-state index in [9.17, 15) is 13.2 Å². The van der Waals surface area contributed by atoms with Crippen LogP contribution in [0.3, 0.4) is 0 Å². The molecule has 10 heteroatoms. The third-order valence-electron chi connectivity index (χ3n) is 5.72. The molecule has 2 N–H and O–H groups in total. The number of nitrogens with zero attached hydrogens (tertiary/aromatic N) is 2. The van der Waals surface area contributed by atoms with Crippen LogP contribution in [-0.4, -0.2) is 43.2 Å². The van der Waals surface area contributed by atoms with Crippen LogP contribution in [0.25, 0.3) is 10.9 Å². The number of carbonyl (C=O) groups is 1. The zero-order chi connectivity index (χ0) is 26.4. The number of amides is 1. The third-order valence-corrected chi connectivity index (χ3v) is 8.29. The number of pyridine rings is 1. The highest BCUT2D eigenvalue weighted by atomic mass is 79.9. The molecule has 37 heavy (non-hydrogen) atoms. The van der Waals surface area contributed by atoms with Gasteiger partial charge in [-0.25, -0.2) is 8.42 Å². The van der Waals surface area contributed by atoms with Gasteiger partial charge in [-0.1, -0.05) is 57.4 Å². The molecule has 0 saturated heterocycles. The van der Waals surface area contributed by atoms with Crippen LogP contribution in [-0.2, 0) is 21.4 Å². The average Bonchev–Trinajstić information content (AvgIpc) is 2.87. The van der Waals surface area contributed by atoms with Crippen LogP contribution in [0.2, 0.25) is 5.02 Å². The maximum atomic E-state index is 13.4. The van der Waals surface area contributed by atoms with E-state index in [2.05, 4.69) is 31.5 Å². The highest BCUT2D eigenvalue weighted by Crippen LogP contribution is 2.24. The highest BCUT2D eigenvalue weighted by Gasteiger charge is 2.27. The normalized spacial score (nSPS) is 11.6. The number of halogens is 2. The fourth-order valence-corrected chi connectivity index (χ4v) is 5.58. The van der Waals surface area contributed by atoms with Crippen molar-refractivity contribution in [2.75, 3.05) is 25.0 Å². The average molecular weight is 602 g/mol. The lowest BCUT2D eigenvalue weighted by Crippen LogP contribution is -2.41. The van der Waals surface area contributed by atoms with Gasteiger partial charge in [0.15, 0.2) is 0 Å². The Morgan fingerprint density at radius 3 is 2.46 bits per heavy atom. The van der Waals surface area contributed by atoms with E-state index >= 15 is 0 Å². The van der Waals surface area contributed by atoms with E-state index in [0.717, 1.165) is 32.2 Å². The smallest absolute Gasteiger partial charge is 0.243 e. The second-order valence-corrected chi connectivity index (χ2v) is 11.8. The molecule has 3 aromatic carbocycles. The Morgan fingerprint density at radius 1 is 1.00 bits per heavy atom. The number of aromatic nitrogens is 1. The molecule has 192 valence electrons. The summed E-state index contributed by atoms with van der Waals surface area (Å²) in [6.45, 7) is 2.42. The summed E-state index contributed by atoms with van der Waals surface area (Å²) in [5.41, 5.74) is 3.37. The molecule has 4 rings (SSSR count). The number of anilines is 1. The van der Waals surface area contributed by atoms with Crippen molar-refractivity contribution >= 4 is 60.1 Å². The minimum absolute atomic E-state index is 0.0702. The molecule has 0 fully saturated rings. The number of hydrogen-bond acceptors (Lipinski definition) is 5. The first-order valence-corrected chi connectivity index (χ1v) is 14.2. The molecule has 1 amide bonds. The van der Waals surface area contributed by atoms with Gasteiger partial charge in [-0.05, 0) is 61.0 Å². The molecular weight excluding hydrogens is 576 g/mol. The van der Waals surface area contributed by atoms with Crippen molar-refractivity contribution in [3.8, 4) is 0 Å². The van der Waals surface area contributed by atoms with Gasteiger partial charge < -0.3 is 10.6 Å². The van der Waals surface area contributed by atoms with Crippen LogP contribution in [0.1, 0.15) is 11.1 Å². The summed E-state index contributed by atoms with van der Waals surface area (Å²) in [4.78, 5) is 17.3. The lowest BCUT2D eigenvalue weighted by Gasteiger charge is -2.22. The monoisotopic (exact) mass is 600 g/mol. The maximum absolute atomic E-state index is 13.4. The first-order valence-electron chi connectivity index (χ1n) is 11.6. The molecule has 7 nitrogen and oxygen atoms in total. The van der Waals surface area contributed by atoms with E-state index in [1.54, 1.807) is 42.6 Å². The van der Waals surface area contributed by atoms with Gasteiger partial charge in [0.1, 0.15) is 0 Å². The van der Waals surface area contributed by atoms with E-state index in [4.69, 9.17) is 11.6 Å². The number of aryl methyl sites for hydroxylation is 1. The first-order chi connectivity index (χ1) is 17.7. The largest absolute Gasteiger partial charge is 0.383 e. The predicted molar refractivity (Wildman–Crippen MR) is 151 cm³/mol. The van der Waals surface area contributed by atoms with Gasteiger partial charge in [0.25, 0.3) is 0 Å². The zero-order valence-corrected chi connectivity index (χ0v) is 23.3. The molecule has 1 heterocycles. The lowest BCUT2D eigenvalue weighted by atomic mass is 10.2. The number of nitrogens with one attached hydrogen (secondary N) is 2. The maximum Gasteiger partial charge on any atom is 0.243 e. The fourth-order valence-electron chi connectivity index (χ4n) is 3.77. The van der Waals surface area contributed by atoms with Crippen LogP contribution in [0.5, 0.6) is 0 Å². The number of fused-ring (bicyclic) bond motifs is 1. The van der Waals surface area contributed by atoms with E-state index in [1.807, 2.05) is 43.3 Å². The van der Waals surface area contributed by atoms with E-state index in [-0.39, 0.29) is 23.9 Å². The number of sulfonamides is 1. The Labute approximate surface area is 230 Å². The van der Waals surface area contributed by atoms with Gasteiger partial charge in [-0.2, -0.15) is 4.31 Å². The Kier molecular flexibility index (Phi) is 8.81. The second-order valence-electron chi connectivity index (χ2n) is 8.51. The molecule has 1 aromatic heterocycles. The Hall–Kier alpha value is -2.98. The van der Waals surface area contributed by atoms with Crippen LogP contribution < -0.4 is 10.6 Å². The Bertz CT molecular complexity index is 1500. The van der Waals surface area contributed by atoms with Crippen molar-refractivity contribution in [1.29, 1.82) is 0 Å². The van der Waals surface area contributed by atoms with Crippen molar-refractivity contribution in [2.45, 2.75) is 18.4 Å². The van der Waals surface area contributed by atoms with E-state index in [0.29, 0.717) is 18.1 Å². The summed E-state index contributed by atoms with van der Waals surface area (Å²) in [6.07, 6.45) is 1.69. The lowest BCUT2D eigenvalue weighted by molar-refractivity contribution is -0.121. The molecule has 0 aliphatic rings. The minimum atomic E-state index is -3.90. The van der Waals surface area contributed by atoms with Gasteiger partial charge in [-0.15, -0.1) is 0 Å². The molecule has 0 spiro atoms.